The van der Waals surface area contributed by atoms with Crippen molar-refractivity contribution < 1.29 is 14.6 Å². The minimum Gasteiger partial charge on any atom is -0.493 e. The summed E-state index contributed by atoms with van der Waals surface area (Å²) in [6.07, 6.45) is 16.2. The molecule has 2 aromatic carbocycles. The Hall–Kier alpha value is -2.08. The zero-order chi connectivity index (χ0) is 29.3. The standard InChI is InChI=1S/C18H29NO2.C18H29NO/c1-19(2)12-11-18(20)16-9-6-10-17(13-16)21-14-15-7-4-3-5-8-15;1-19(2)13-7-11-16-10-6-12-18(14-16)20-15-17-8-4-3-5-9-17/h6,9-10,13,15,18,20H,3-5,7-8,11-12,14H2,1-2H3;6,10,12,14,17H,3-5,7-9,11,13,15H2,1-2H3. The van der Waals surface area contributed by atoms with E-state index in [1.807, 2.05) is 38.4 Å². The van der Waals surface area contributed by atoms with Crippen molar-refractivity contribution in [3.63, 3.8) is 0 Å². The van der Waals surface area contributed by atoms with Gasteiger partial charge in [0.25, 0.3) is 0 Å². The quantitative estimate of drug-likeness (QED) is 0.253. The second-order valence-electron chi connectivity index (χ2n) is 12.9. The molecule has 5 nitrogen and oxygen atoms in total. The summed E-state index contributed by atoms with van der Waals surface area (Å²) in [5, 5.41) is 10.2. The van der Waals surface area contributed by atoms with Crippen LogP contribution in [0.2, 0.25) is 0 Å². The van der Waals surface area contributed by atoms with Crippen LogP contribution in [0.25, 0.3) is 0 Å². The van der Waals surface area contributed by atoms with Crippen LogP contribution in [-0.4, -0.2) is 69.4 Å². The minimum absolute atomic E-state index is 0.411. The molecular weight excluding hydrogens is 508 g/mol. The van der Waals surface area contributed by atoms with Crippen LogP contribution in [0.3, 0.4) is 0 Å². The molecule has 0 bridgehead atoms. The number of ether oxygens (including phenoxy) is 2. The molecule has 5 heteroatoms. The molecule has 230 valence electrons. The number of benzene rings is 2. The first kappa shape index (κ1) is 33.4. The lowest BCUT2D eigenvalue weighted by Crippen LogP contribution is -2.16. The van der Waals surface area contributed by atoms with E-state index in [-0.39, 0.29) is 0 Å². The molecule has 2 fully saturated rings. The number of aryl methyl sites for hydroxylation is 1. The monoisotopic (exact) mass is 566 g/mol. The van der Waals surface area contributed by atoms with Crippen LogP contribution in [0.15, 0.2) is 48.5 Å². The lowest BCUT2D eigenvalue weighted by molar-refractivity contribution is 0.153. The van der Waals surface area contributed by atoms with Crippen molar-refractivity contribution in [1.29, 1.82) is 0 Å². The number of hydrogen-bond acceptors (Lipinski definition) is 5. The van der Waals surface area contributed by atoms with E-state index in [9.17, 15) is 5.11 Å². The summed E-state index contributed by atoms with van der Waals surface area (Å²) in [6, 6.07) is 16.6. The first-order valence-corrected chi connectivity index (χ1v) is 16.3. The van der Waals surface area contributed by atoms with E-state index in [0.29, 0.717) is 5.92 Å². The average molecular weight is 567 g/mol. The first-order chi connectivity index (χ1) is 19.9. The summed E-state index contributed by atoms with van der Waals surface area (Å²) in [4.78, 5) is 4.33. The Bertz CT molecular complexity index is 951. The normalized spacial score (nSPS) is 17.2. The van der Waals surface area contributed by atoms with Crippen LogP contribution >= 0.6 is 0 Å². The third-order valence-corrected chi connectivity index (χ3v) is 8.48. The lowest BCUT2D eigenvalue weighted by Gasteiger charge is -2.22. The topological polar surface area (TPSA) is 45.2 Å². The van der Waals surface area contributed by atoms with Gasteiger partial charge in [0.15, 0.2) is 0 Å². The van der Waals surface area contributed by atoms with Gasteiger partial charge in [0.2, 0.25) is 0 Å². The Kier molecular flexibility index (Phi) is 15.6. The molecule has 1 atom stereocenters. The molecule has 2 aliphatic carbocycles. The van der Waals surface area contributed by atoms with Gasteiger partial charge in [0, 0.05) is 6.54 Å². The van der Waals surface area contributed by atoms with Gasteiger partial charge in [-0.25, -0.2) is 0 Å². The molecule has 2 aromatic rings. The van der Waals surface area contributed by atoms with E-state index in [1.54, 1.807) is 0 Å². The molecular formula is C36H58N2O3. The van der Waals surface area contributed by atoms with Crippen molar-refractivity contribution in [2.75, 3.05) is 54.5 Å². The molecule has 0 saturated heterocycles. The fourth-order valence-corrected chi connectivity index (χ4v) is 5.88. The Balaban J connectivity index is 0.000000226. The predicted octanol–water partition coefficient (Wildman–Crippen LogP) is 7.77. The van der Waals surface area contributed by atoms with Gasteiger partial charge in [-0.2, -0.15) is 0 Å². The lowest BCUT2D eigenvalue weighted by atomic mass is 9.90. The third-order valence-electron chi connectivity index (χ3n) is 8.48. The van der Waals surface area contributed by atoms with E-state index < -0.39 is 6.10 Å². The van der Waals surface area contributed by atoms with Crippen molar-refractivity contribution in [3.05, 3.63) is 59.7 Å². The summed E-state index contributed by atoms with van der Waals surface area (Å²) in [6.45, 7) is 3.75. The van der Waals surface area contributed by atoms with E-state index in [1.165, 1.54) is 76.2 Å². The Labute approximate surface area is 251 Å². The second-order valence-corrected chi connectivity index (χ2v) is 12.9. The molecule has 0 spiro atoms. The van der Waals surface area contributed by atoms with E-state index >= 15 is 0 Å². The molecule has 0 radical (unpaired) electrons. The smallest absolute Gasteiger partial charge is 0.119 e. The maximum absolute atomic E-state index is 10.2. The van der Waals surface area contributed by atoms with Gasteiger partial charge in [0.05, 0.1) is 19.3 Å². The second kappa shape index (κ2) is 19.2. The van der Waals surface area contributed by atoms with Gasteiger partial charge in [-0.3, -0.25) is 0 Å². The molecule has 41 heavy (non-hydrogen) atoms. The van der Waals surface area contributed by atoms with Crippen LogP contribution in [-0.2, 0) is 6.42 Å². The summed E-state index contributed by atoms with van der Waals surface area (Å²) < 4.78 is 11.9. The number of hydrogen-bond donors (Lipinski definition) is 1. The van der Waals surface area contributed by atoms with Crippen LogP contribution in [0.5, 0.6) is 11.5 Å². The highest BCUT2D eigenvalue weighted by molar-refractivity contribution is 5.30. The van der Waals surface area contributed by atoms with Crippen molar-refractivity contribution in [2.45, 2.75) is 89.6 Å². The number of nitrogens with zero attached hydrogens (tertiary/aromatic N) is 2. The highest BCUT2D eigenvalue weighted by Gasteiger charge is 2.15. The van der Waals surface area contributed by atoms with Crippen molar-refractivity contribution in [1.82, 2.24) is 9.80 Å². The third kappa shape index (κ3) is 14.1. The largest absolute Gasteiger partial charge is 0.493 e. The zero-order valence-electron chi connectivity index (χ0n) is 26.5. The Morgan fingerprint density at radius 2 is 1.24 bits per heavy atom. The maximum Gasteiger partial charge on any atom is 0.119 e. The van der Waals surface area contributed by atoms with Crippen molar-refractivity contribution in [2.24, 2.45) is 11.8 Å². The SMILES string of the molecule is CN(C)CCC(O)c1cccc(OCC2CCCCC2)c1.CN(C)CCCc1cccc(OCC2CCCCC2)c1. The first-order valence-electron chi connectivity index (χ1n) is 16.3. The van der Waals surface area contributed by atoms with Gasteiger partial charge in [-0.1, -0.05) is 62.8 Å². The number of rotatable bonds is 14. The fraction of sp³-hybridized carbons (Fsp3) is 0.667. The van der Waals surface area contributed by atoms with Crippen molar-refractivity contribution >= 4 is 0 Å². The predicted molar refractivity (Wildman–Crippen MR) is 172 cm³/mol. The summed E-state index contributed by atoms with van der Waals surface area (Å²) in [5.74, 6) is 3.43. The summed E-state index contributed by atoms with van der Waals surface area (Å²) >= 11 is 0. The average Bonchev–Trinajstić information content (AvgIpc) is 2.99. The molecule has 0 aliphatic heterocycles. The fourth-order valence-electron chi connectivity index (χ4n) is 5.88. The van der Waals surface area contributed by atoms with Gasteiger partial charge in [-0.05, 0) is 127 Å². The molecule has 4 rings (SSSR count). The van der Waals surface area contributed by atoms with Crippen LogP contribution < -0.4 is 9.47 Å². The highest BCUT2D eigenvalue weighted by atomic mass is 16.5. The van der Waals surface area contributed by atoms with Crippen LogP contribution in [0.1, 0.15) is 94.3 Å². The molecule has 2 saturated carbocycles. The summed E-state index contributed by atoms with van der Waals surface area (Å²) in [5.41, 5.74) is 2.35. The van der Waals surface area contributed by atoms with E-state index in [4.69, 9.17) is 9.47 Å². The van der Waals surface area contributed by atoms with E-state index in [0.717, 1.165) is 62.1 Å². The number of aliphatic hydroxyl groups excluding tert-OH is 1. The minimum atomic E-state index is -0.411. The van der Waals surface area contributed by atoms with Crippen LogP contribution in [0.4, 0.5) is 0 Å². The Morgan fingerprint density at radius 1 is 0.707 bits per heavy atom. The Morgan fingerprint density at radius 3 is 1.80 bits per heavy atom. The van der Waals surface area contributed by atoms with Gasteiger partial charge >= 0.3 is 0 Å². The summed E-state index contributed by atoms with van der Waals surface area (Å²) in [7, 11) is 8.31. The molecule has 1 unspecified atom stereocenters. The molecule has 0 aromatic heterocycles. The van der Waals surface area contributed by atoms with Gasteiger partial charge in [0.1, 0.15) is 11.5 Å². The van der Waals surface area contributed by atoms with Gasteiger partial charge < -0.3 is 24.4 Å². The van der Waals surface area contributed by atoms with Gasteiger partial charge in [-0.15, -0.1) is 0 Å². The molecule has 0 heterocycles. The highest BCUT2D eigenvalue weighted by Crippen LogP contribution is 2.27. The maximum atomic E-state index is 10.2. The van der Waals surface area contributed by atoms with Crippen LogP contribution in [0, 0.1) is 11.8 Å². The molecule has 0 amide bonds. The van der Waals surface area contributed by atoms with Crippen molar-refractivity contribution in [3.8, 4) is 11.5 Å². The van der Waals surface area contributed by atoms with E-state index in [2.05, 4.69) is 48.2 Å². The molecule has 1 N–H and O–H groups in total. The number of aliphatic hydroxyl groups is 1. The zero-order valence-corrected chi connectivity index (χ0v) is 26.5. The molecule has 2 aliphatic rings.